The maximum atomic E-state index is 13.7. The summed E-state index contributed by atoms with van der Waals surface area (Å²) in [5.74, 6) is -0.397. The number of aromatic nitrogens is 6. The van der Waals surface area contributed by atoms with Gasteiger partial charge >= 0.3 is 0 Å². The van der Waals surface area contributed by atoms with E-state index < -0.39 is 23.0 Å². The Balaban J connectivity index is 1.59. The average Bonchev–Trinajstić information content (AvgIpc) is 3.48. The number of aryl methyl sites for hydroxylation is 1. The molecule has 2 aromatic carbocycles. The number of benzene rings is 2. The molecule has 1 aliphatic rings. The SMILES string of the molecule is Cc1[nH]n(-c2cccc(F)c2)c(=O)c1N=NC1(c2nn[nH]n2)C=CC=C(c2ccccc2)C1O. The van der Waals surface area contributed by atoms with Gasteiger partial charge < -0.3 is 5.11 Å². The molecule has 5 rings (SSSR count). The van der Waals surface area contributed by atoms with E-state index in [0.29, 0.717) is 17.0 Å². The fourth-order valence-corrected chi connectivity index (χ4v) is 3.85. The topological polar surface area (TPSA) is 137 Å². The Hall–Kier alpha value is -4.51. The molecule has 4 aromatic rings. The van der Waals surface area contributed by atoms with Gasteiger partial charge in [0, 0.05) is 0 Å². The third-order valence-corrected chi connectivity index (χ3v) is 5.57. The van der Waals surface area contributed by atoms with Gasteiger partial charge in [-0.1, -0.05) is 53.8 Å². The molecule has 2 heterocycles. The normalized spacial score (nSPS) is 20.1. The van der Waals surface area contributed by atoms with Gasteiger partial charge in [-0.3, -0.25) is 9.89 Å². The van der Waals surface area contributed by atoms with Crippen LogP contribution < -0.4 is 5.56 Å². The summed E-state index contributed by atoms with van der Waals surface area (Å²) in [6, 6.07) is 14.9. The number of allylic oxidation sites excluding steroid dienone is 2. The van der Waals surface area contributed by atoms with Crippen LogP contribution in [0.2, 0.25) is 0 Å². The van der Waals surface area contributed by atoms with E-state index >= 15 is 0 Å². The molecule has 0 fully saturated rings. The van der Waals surface area contributed by atoms with Gasteiger partial charge in [0.2, 0.25) is 5.82 Å². The van der Waals surface area contributed by atoms with E-state index in [0.717, 1.165) is 5.56 Å². The predicted octanol–water partition coefficient (Wildman–Crippen LogP) is 3.12. The van der Waals surface area contributed by atoms with E-state index in [1.807, 2.05) is 30.3 Å². The summed E-state index contributed by atoms with van der Waals surface area (Å²) >= 11 is 0. The first kappa shape index (κ1) is 21.3. The van der Waals surface area contributed by atoms with Crippen LogP contribution in [0.5, 0.6) is 0 Å². The van der Waals surface area contributed by atoms with Crippen LogP contribution in [-0.2, 0) is 5.54 Å². The molecule has 10 nitrogen and oxygen atoms in total. The smallest absolute Gasteiger partial charge is 0.299 e. The Bertz CT molecular complexity index is 1470. The lowest BCUT2D eigenvalue weighted by molar-refractivity contribution is 0.153. The first-order valence-corrected chi connectivity index (χ1v) is 10.4. The van der Waals surface area contributed by atoms with Crippen molar-refractivity contribution >= 4 is 11.3 Å². The van der Waals surface area contributed by atoms with E-state index in [1.54, 1.807) is 31.2 Å². The van der Waals surface area contributed by atoms with Gasteiger partial charge in [-0.2, -0.15) is 10.3 Å². The Morgan fingerprint density at radius 2 is 2.00 bits per heavy atom. The van der Waals surface area contributed by atoms with E-state index in [2.05, 4.69) is 36.0 Å². The lowest BCUT2D eigenvalue weighted by Crippen LogP contribution is -2.39. The third-order valence-electron chi connectivity index (χ3n) is 5.57. The molecular formula is C23H19FN8O2. The summed E-state index contributed by atoms with van der Waals surface area (Å²) in [6.07, 6.45) is 3.88. The van der Waals surface area contributed by atoms with E-state index in [-0.39, 0.29) is 11.5 Å². The number of H-pyrrole nitrogens is 2. The monoisotopic (exact) mass is 458 g/mol. The van der Waals surface area contributed by atoms with Gasteiger partial charge in [0.1, 0.15) is 11.9 Å². The van der Waals surface area contributed by atoms with Gasteiger partial charge in [-0.25, -0.2) is 9.07 Å². The molecule has 11 heteroatoms. The first-order chi connectivity index (χ1) is 16.5. The van der Waals surface area contributed by atoms with Gasteiger partial charge in [0.05, 0.1) is 11.4 Å². The lowest BCUT2D eigenvalue weighted by Gasteiger charge is -2.31. The summed E-state index contributed by atoms with van der Waals surface area (Å²) in [4.78, 5) is 13.0. The zero-order chi connectivity index (χ0) is 23.7. The highest BCUT2D eigenvalue weighted by Crippen LogP contribution is 2.40. The highest BCUT2D eigenvalue weighted by Gasteiger charge is 2.45. The highest BCUT2D eigenvalue weighted by molar-refractivity contribution is 5.73. The van der Waals surface area contributed by atoms with Crippen LogP contribution in [0.25, 0.3) is 11.3 Å². The summed E-state index contributed by atoms with van der Waals surface area (Å²) in [5.41, 5.74) is 0.0335. The molecule has 2 aromatic heterocycles. The Labute approximate surface area is 192 Å². The molecule has 0 radical (unpaired) electrons. The van der Waals surface area contributed by atoms with Crippen molar-refractivity contribution in [1.29, 1.82) is 0 Å². The molecule has 34 heavy (non-hydrogen) atoms. The van der Waals surface area contributed by atoms with Crippen molar-refractivity contribution in [3.8, 4) is 5.69 Å². The van der Waals surface area contributed by atoms with Crippen LogP contribution in [0.1, 0.15) is 17.1 Å². The second-order valence-electron chi connectivity index (χ2n) is 7.72. The number of nitrogens with one attached hydrogen (secondary N) is 2. The minimum Gasteiger partial charge on any atom is -0.385 e. The molecule has 0 saturated carbocycles. The summed E-state index contributed by atoms with van der Waals surface area (Å²) in [7, 11) is 0. The molecule has 2 atom stereocenters. The Kier molecular flexibility index (Phi) is 5.30. The van der Waals surface area contributed by atoms with Crippen LogP contribution in [0, 0.1) is 12.7 Å². The Morgan fingerprint density at radius 1 is 1.18 bits per heavy atom. The number of aliphatic hydroxyl groups is 1. The summed E-state index contributed by atoms with van der Waals surface area (Å²) < 4.78 is 14.9. The number of tetrazole rings is 1. The van der Waals surface area contributed by atoms with Crippen molar-refractivity contribution in [2.24, 2.45) is 10.2 Å². The van der Waals surface area contributed by atoms with Crippen molar-refractivity contribution in [3.63, 3.8) is 0 Å². The van der Waals surface area contributed by atoms with Crippen LogP contribution in [-0.4, -0.2) is 41.6 Å². The van der Waals surface area contributed by atoms with Crippen LogP contribution in [0.4, 0.5) is 10.1 Å². The molecule has 2 unspecified atom stereocenters. The van der Waals surface area contributed by atoms with Crippen LogP contribution in [0.15, 0.2) is 87.8 Å². The lowest BCUT2D eigenvalue weighted by atomic mass is 9.81. The minimum atomic E-state index is -1.53. The van der Waals surface area contributed by atoms with E-state index in [1.165, 1.54) is 22.9 Å². The average molecular weight is 458 g/mol. The van der Waals surface area contributed by atoms with Crippen LogP contribution >= 0.6 is 0 Å². The maximum Gasteiger partial charge on any atom is 0.299 e. The molecule has 0 saturated heterocycles. The van der Waals surface area contributed by atoms with Crippen molar-refractivity contribution in [3.05, 3.63) is 106 Å². The quantitative estimate of drug-likeness (QED) is 0.395. The number of hydrogen-bond donors (Lipinski definition) is 3. The van der Waals surface area contributed by atoms with Crippen molar-refractivity contribution in [2.45, 2.75) is 18.6 Å². The van der Waals surface area contributed by atoms with E-state index in [9.17, 15) is 14.3 Å². The van der Waals surface area contributed by atoms with Gasteiger partial charge in [0.25, 0.3) is 5.56 Å². The molecule has 0 bridgehead atoms. The number of aromatic amines is 2. The van der Waals surface area contributed by atoms with Crippen molar-refractivity contribution in [2.75, 3.05) is 0 Å². The molecule has 0 amide bonds. The number of hydrogen-bond acceptors (Lipinski definition) is 7. The Morgan fingerprint density at radius 3 is 2.74 bits per heavy atom. The summed E-state index contributed by atoms with van der Waals surface area (Å²) in [6.45, 7) is 1.65. The fraction of sp³-hybridized carbons (Fsp3) is 0.130. The summed E-state index contributed by atoms with van der Waals surface area (Å²) in [5, 5.41) is 36.9. The third kappa shape index (κ3) is 3.57. The molecule has 0 spiro atoms. The molecule has 3 N–H and O–H groups in total. The van der Waals surface area contributed by atoms with Gasteiger partial charge in [0.15, 0.2) is 11.2 Å². The van der Waals surface area contributed by atoms with Gasteiger partial charge in [-0.15, -0.1) is 15.3 Å². The number of aliphatic hydroxyl groups excluding tert-OH is 1. The minimum absolute atomic E-state index is 0.00328. The highest BCUT2D eigenvalue weighted by atomic mass is 19.1. The maximum absolute atomic E-state index is 13.7. The van der Waals surface area contributed by atoms with Crippen molar-refractivity contribution in [1.82, 2.24) is 30.4 Å². The molecular weight excluding hydrogens is 439 g/mol. The second-order valence-corrected chi connectivity index (χ2v) is 7.72. The first-order valence-electron chi connectivity index (χ1n) is 10.4. The van der Waals surface area contributed by atoms with E-state index in [4.69, 9.17) is 0 Å². The fourth-order valence-electron chi connectivity index (χ4n) is 3.85. The second kappa shape index (κ2) is 8.45. The number of nitrogens with zero attached hydrogens (tertiary/aromatic N) is 6. The zero-order valence-corrected chi connectivity index (χ0v) is 17.9. The molecule has 170 valence electrons. The molecule has 0 aliphatic heterocycles. The zero-order valence-electron chi connectivity index (χ0n) is 17.9. The predicted molar refractivity (Wildman–Crippen MR) is 121 cm³/mol. The van der Waals surface area contributed by atoms with Crippen molar-refractivity contribution < 1.29 is 9.50 Å². The van der Waals surface area contributed by atoms with Crippen LogP contribution in [0.3, 0.4) is 0 Å². The number of halogens is 1. The number of rotatable bonds is 5. The molecule has 1 aliphatic carbocycles. The number of azo groups is 1. The van der Waals surface area contributed by atoms with Gasteiger partial charge in [-0.05, 0) is 42.3 Å². The standard InChI is InChI=1S/C23H19FN8O2/c1-14-19(21(34)32(28-14)17-10-5-9-16(24)13-17)25-29-23(22-26-30-31-27-22)12-6-11-18(20(23)33)15-7-3-2-4-8-15/h2-13,20,28,33H,1H3,(H,26,27,30,31). The largest absolute Gasteiger partial charge is 0.385 e.